The third-order valence-corrected chi connectivity index (χ3v) is 8.06. The molecule has 0 saturated carbocycles. The Morgan fingerprint density at radius 1 is 1.05 bits per heavy atom. The Balaban J connectivity index is 1.43. The topological polar surface area (TPSA) is 93.1 Å². The molecular weight excluding hydrogens is 510 g/mol. The smallest absolute Gasteiger partial charge is 0.227 e. The summed E-state index contributed by atoms with van der Waals surface area (Å²) in [5, 5.41) is 9.30. The van der Waals surface area contributed by atoms with Gasteiger partial charge >= 0.3 is 0 Å². The molecule has 5 aromatic rings. The van der Waals surface area contributed by atoms with Crippen LogP contribution >= 0.6 is 0 Å². The lowest BCUT2D eigenvalue weighted by Crippen LogP contribution is -2.29. The number of anilines is 4. The molecular formula is C32H39N9. The van der Waals surface area contributed by atoms with Crippen molar-refractivity contribution in [3.63, 3.8) is 0 Å². The molecule has 0 radical (unpaired) electrons. The molecule has 0 spiro atoms. The Morgan fingerprint density at radius 2 is 1.88 bits per heavy atom. The van der Waals surface area contributed by atoms with Crippen LogP contribution in [0.2, 0.25) is 0 Å². The summed E-state index contributed by atoms with van der Waals surface area (Å²) in [4.78, 5) is 14.3. The number of benzene rings is 2. The number of hydrogen-bond donors (Lipinski definition) is 2. The van der Waals surface area contributed by atoms with Crippen molar-refractivity contribution in [3.05, 3.63) is 65.6 Å². The van der Waals surface area contributed by atoms with Crippen LogP contribution in [-0.2, 0) is 20.0 Å². The van der Waals surface area contributed by atoms with Crippen LogP contribution in [0, 0.1) is 13.8 Å². The van der Waals surface area contributed by atoms with Gasteiger partial charge in [-0.15, -0.1) is 0 Å². The van der Waals surface area contributed by atoms with Crippen LogP contribution in [0.1, 0.15) is 23.2 Å². The molecule has 0 fully saturated rings. The number of nitrogens with one attached hydrogen (secondary N) is 1. The minimum atomic E-state index is 0.533. The van der Waals surface area contributed by atoms with Gasteiger partial charge in [0.15, 0.2) is 0 Å². The fraction of sp³-hybridized carbons (Fsp3) is 0.344. The van der Waals surface area contributed by atoms with E-state index in [9.17, 15) is 0 Å². The molecule has 1 aliphatic rings. The zero-order valence-corrected chi connectivity index (χ0v) is 24.9. The summed E-state index contributed by atoms with van der Waals surface area (Å²) in [6.07, 6.45) is 6.42. The molecule has 2 aromatic carbocycles. The highest BCUT2D eigenvalue weighted by atomic mass is 15.3. The fourth-order valence-electron chi connectivity index (χ4n) is 5.91. The monoisotopic (exact) mass is 549 g/mol. The summed E-state index contributed by atoms with van der Waals surface area (Å²) in [5.41, 5.74) is 17.9. The zero-order valence-electron chi connectivity index (χ0n) is 24.9. The van der Waals surface area contributed by atoms with Gasteiger partial charge in [0.25, 0.3) is 0 Å². The van der Waals surface area contributed by atoms with Crippen LogP contribution in [-0.4, -0.2) is 63.4 Å². The van der Waals surface area contributed by atoms with Crippen molar-refractivity contribution in [2.45, 2.75) is 33.2 Å². The van der Waals surface area contributed by atoms with Crippen molar-refractivity contribution in [1.29, 1.82) is 0 Å². The largest absolute Gasteiger partial charge is 0.397 e. The summed E-state index contributed by atoms with van der Waals surface area (Å²) in [6.45, 7) is 6.95. The van der Waals surface area contributed by atoms with Crippen molar-refractivity contribution in [1.82, 2.24) is 29.2 Å². The Kier molecular flexibility index (Phi) is 6.91. The second kappa shape index (κ2) is 10.6. The number of aryl methyl sites for hydroxylation is 5. The van der Waals surface area contributed by atoms with Crippen LogP contribution in [0.25, 0.3) is 33.4 Å². The van der Waals surface area contributed by atoms with Gasteiger partial charge in [-0.05, 0) is 70.1 Å². The minimum Gasteiger partial charge on any atom is -0.397 e. The van der Waals surface area contributed by atoms with Gasteiger partial charge in [-0.2, -0.15) is 5.10 Å². The summed E-state index contributed by atoms with van der Waals surface area (Å²) in [6, 6.07) is 12.8. The number of rotatable bonds is 8. The minimum absolute atomic E-state index is 0.533. The Labute approximate surface area is 241 Å². The average Bonchev–Trinajstić information content (AvgIpc) is 3.49. The maximum Gasteiger partial charge on any atom is 0.227 e. The Morgan fingerprint density at radius 3 is 2.63 bits per heavy atom. The van der Waals surface area contributed by atoms with Gasteiger partial charge in [0.05, 0.1) is 34.0 Å². The van der Waals surface area contributed by atoms with Crippen molar-refractivity contribution >= 4 is 33.9 Å². The first-order chi connectivity index (χ1) is 19.7. The molecule has 1 aliphatic heterocycles. The normalized spacial score (nSPS) is 12.9. The SMILES string of the molecule is Cc1cc(-c2cnc(Nc3cc(N)c(N(C)CCN(C)C)cc3C)nc2-c2cn3c4c(cccc24)CCC3)n(C)n1. The fourth-order valence-corrected chi connectivity index (χ4v) is 5.91. The molecule has 212 valence electrons. The molecule has 3 N–H and O–H groups in total. The van der Waals surface area contributed by atoms with Gasteiger partial charge < -0.3 is 25.4 Å². The standard InChI is InChI=1S/C32H39N9/c1-20-15-29(39(5)14-13-38(3)4)26(33)17-27(20)35-32-34-18-24(28-16-21(2)37-40(28)6)30(36-32)25-19-41-12-8-10-22-9-7-11-23(25)31(22)41/h7,9,11,15-19H,8,10,12-14,33H2,1-6H3,(H,34,35,36). The Bertz CT molecular complexity index is 1740. The number of hydrogen-bond acceptors (Lipinski definition) is 7. The highest BCUT2D eigenvalue weighted by molar-refractivity contribution is 6.00. The number of likely N-dealkylation sites (N-methyl/N-ethyl adjacent to an activating group) is 2. The third kappa shape index (κ3) is 5.02. The van der Waals surface area contributed by atoms with E-state index in [0.717, 1.165) is 83.3 Å². The lowest BCUT2D eigenvalue weighted by molar-refractivity contribution is 0.416. The molecule has 0 aliphatic carbocycles. The van der Waals surface area contributed by atoms with E-state index in [-0.39, 0.29) is 0 Å². The predicted molar refractivity (Wildman–Crippen MR) is 169 cm³/mol. The quantitative estimate of drug-likeness (QED) is 0.251. The number of para-hydroxylation sites is 1. The molecule has 0 unspecified atom stereocenters. The van der Waals surface area contributed by atoms with Crippen molar-refractivity contribution < 1.29 is 0 Å². The summed E-state index contributed by atoms with van der Waals surface area (Å²) in [5.74, 6) is 0.533. The number of nitrogen functional groups attached to an aromatic ring is 1. The summed E-state index contributed by atoms with van der Waals surface area (Å²) >= 11 is 0. The van der Waals surface area contributed by atoms with E-state index in [1.165, 1.54) is 16.5 Å². The van der Waals surface area contributed by atoms with E-state index >= 15 is 0 Å². The van der Waals surface area contributed by atoms with Gasteiger partial charge in [-0.25, -0.2) is 9.97 Å². The van der Waals surface area contributed by atoms with Gasteiger partial charge in [-0.3, -0.25) is 4.68 Å². The maximum atomic E-state index is 6.54. The molecule has 41 heavy (non-hydrogen) atoms. The second-order valence-electron chi connectivity index (χ2n) is 11.5. The number of nitrogens with two attached hydrogens (primary N) is 1. The molecule has 6 rings (SSSR count). The van der Waals surface area contributed by atoms with E-state index in [2.05, 4.69) is 89.4 Å². The molecule has 4 heterocycles. The van der Waals surface area contributed by atoms with Crippen LogP contribution < -0.4 is 16.0 Å². The molecule has 9 heteroatoms. The van der Waals surface area contributed by atoms with Crippen molar-refractivity contribution in [2.24, 2.45) is 7.05 Å². The van der Waals surface area contributed by atoms with Crippen LogP contribution in [0.3, 0.4) is 0 Å². The molecule has 0 saturated heterocycles. The second-order valence-corrected chi connectivity index (χ2v) is 11.5. The van der Waals surface area contributed by atoms with E-state index in [1.54, 1.807) is 0 Å². The van der Waals surface area contributed by atoms with E-state index in [4.69, 9.17) is 15.7 Å². The van der Waals surface area contributed by atoms with Crippen molar-refractivity contribution in [2.75, 3.05) is 50.2 Å². The first-order valence-corrected chi connectivity index (χ1v) is 14.2. The lowest BCUT2D eigenvalue weighted by atomic mass is 10.00. The maximum absolute atomic E-state index is 6.54. The van der Waals surface area contributed by atoms with E-state index in [1.807, 2.05) is 30.9 Å². The van der Waals surface area contributed by atoms with E-state index in [0.29, 0.717) is 5.95 Å². The van der Waals surface area contributed by atoms with E-state index < -0.39 is 0 Å². The van der Waals surface area contributed by atoms with Gasteiger partial charge in [0, 0.05) is 68.3 Å². The van der Waals surface area contributed by atoms with Crippen molar-refractivity contribution in [3.8, 4) is 22.5 Å². The molecule has 9 nitrogen and oxygen atoms in total. The highest BCUT2D eigenvalue weighted by Gasteiger charge is 2.22. The molecule has 0 bridgehead atoms. The first-order valence-electron chi connectivity index (χ1n) is 14.2. The van der Waals surface area contributed by atoms with Gasteiger partial charge in [0.2, 0.25) is 5.95 Å². The van der Waals surface area contributed by atoms with Gasteiger partial charge in [0.1, 0.15) is 0 Å². The van der Waals surface area contributed by atoms with Gasteiger partial charge in [-0.1, -0.05) is 18.2 Å². The molecule has 0 amide bonds. The summed E-state index contributed by atoms with van der Waals surface area (Å²) in [7, 11) is 8.20. The average molecular weight is 550 g/mol. The summed E-state index contributed by atoms with van der Waals surface area (Å²) < 4.78 is 4.29. The number of aromatic nitrogens is 5. The Hall–Kier alpha value is -4.37. The van der Waals surface area contributed by atoms with Crippen LogP contribution in [0.5, 0.6) is 0 Å². The first kappa shape index (κ1) is 26.8. The predicted octanol–water partition coefficient (Wildman–Crippen LogP) is 5.39. The zero-order chi connectivity index (χ0) is 28.8. The molecule has 0 atom stereocenters. The van der Waals surface area contributed by atoms with Crippen LogP contribution in [0.15, 0.2) is 48.8 Å². The third-order valence-electron chi connectivity index (χ3n) is 8.06. The molecule has 3 aromatic heterocycles. The lowest BCUT2D eigenvalue weighted by Gasteiger charge is -2.24. The highest BCUT2D eigenvalue weighted by Crippen LogP contribution is 2.39. The van der Waals surface area contributed by atoms with Crippen LogP contribution in [0.4, 0.5) is 23.0 Å². The number of nitrogens with zero attached hydrogens (tertiary/aromatic N) is 7.